The van der Waals surface area contributed by atoms with Gasteiger partial charge in [-0.05, 0) is 43.2 Å². The minimum atomic E-state index is -0.339. The van der Waals surface area contributed by atoms with Crippen molar-refractivity contribution in [2.24, 2.45) is 0 Å². The molecule has 1 amide bonds. The van der Waals surface area contributed by atoms with E-state index in [1.165, 1.54) is 17.1 Å². The first-order valence-electron chi connectivity index (χ1n) is 9.41. The van der Waals surface area contributed by atoms with Crippen LogP contribution in [-0.4, -0.2) is 32.3 Å². The molecule has 152 valence electrons. The largest absolute Gasteiger partial charge is 0.497 e. The molecule has 0 saturated carbocycles. The van der Waals surface area contributed by atoms with Crippen LogP contribution in [0.3, 0.4) is 0 Å². The van der Waals surface area contributed by atoms with Crippen LogP contribution in [0.25, 0.3) is 16.7 Å². The van der Waals surface area contributed by atoms with Gasteiger partial charge in [-0.2, -0.15) is 5.10 Å². The number of methoxy groups -OCH3 is 1. The molecular weight excluding hydrogens is 382 g/mol. The number of hydrogen-bond acceptors (Lipinski definition) is 5. The highest BCUT2D eigenvalue weighted by Gasteiger charge is 2.15. The normalized spacial score (nSPS) is 10.9. The number of hydrogen-bond donors (Lipinski definition) is 1. The van der Waals surface area contributed by atoms with E-state index in [2.05, 4.69) is 15.4 Å². The Bertz CT molecular complexity index is 1310. The second kappa shape index (κ2) is 7.82. The molecule has 4 aromatic rings. The van der Waals surface area contributed by atoms with Crippen molar-refractivity contribution >= 4 is 22.6 Å². The Hall–Kier alpha value is -3.94. The Morgan fingerprint density at radius 2 is 1.97 bits per heavy atom. The number of anilines is 1. The Kier molecular flexibility index (Phi) is 5.05. The Labute approximate surface area is 172 Å². The van der Waals surface area contributed by atoms with Crippen molar-refractivity contribution in [2.75, 3.05) is 12.4 Å². The number of aromatic nitrogens is 4. The zero-order valence-corrected chi connectivity index (χ0v) is 16.9. The summed E-state index contributed by atoms with van der Waals surface area (Å²) in [6.45, 7) is 3.86. The van der Waals surface area contributed by atoms with Crippen LogP contribution in [0.2, 0.25) is 0 Å². The number of carbonyl (C=O) groups excluding carboxylic acids is 1. The third kappa shape index (κ3) is 3.55. The van der Waals surface area contributed by atoms with Gasteiger partial charge in [0.2, 0.25) is 5.91 Å². The molecular formula is C22H21N5O3. The fourth-order valence-corrected chi connectivity index (χ4v) is 3.26. The number of benzene rings is 2. The van der Waals surface area contributed by atoms with Gasteiger partial charge in [0.25, 0.3) is 5.56 Å². The van der Waals surface area contributed by atoms with Crippen LogP contribution in [0.5, 0.6) is 5.75 Å². The van der Waals surface area contributed by atoms with Gasteiger partial charge in [0.1, 0.15) is 24.0 Å². The highest BCUT2D eigenvalue weighted by molar-refractivity contribution is 5.91. The maximum absolute atomic E-state index is 12.9. The van der Waals surface area contributed by atoms with Gasteiger partial charge in [-0.3, -0.25) is 14.2 Å². The third-order valence-corrected chi connectivity index (χ3v) is 5.03. The summed E-state index contributed by atoms with van der Waals surface area (Å²) in [6, 6.07) is 12.9. The minimum Gasteiger partial charge on any atom is -0.497 e. The Balaban J connectivity index is 1.62. The van der Waals surface area contributed by atoms with Gasteiger partial charge in [-0.1, -0.05) is 18.2 Å². The number of carbonyl (C=O) groups is 1. The maximum Gasteiger partial charge on any atom is 0.264 e. The van der Waals surface area contributed by atoms with E-state index in [0.29, 0.717) is 22.5 Å². The molecule has 0 bridgehead atoms. The first kappa shape index (κ1) is 19.4. The van der Waals surface area contributed by atoms with E-state index in [1.807, 2.05) is 32.0 Å². The summed E-state index contributed by atoms with van der Waals surface area (Å²) >= 11 is 0. The number of fused-ring (bicyclic) bond motifs is 1. The van der Waals surface area contributed by atoms with Crippen LogP contribution in [0.4, 0.5) is 5.69 Å². The number of rotatable bonds is 5. The fourth-order valence-electron chi connectivity index (χ4n) is 3.26. The Morgan fingerprint density at radius 1 is 1.17 bits per heavy atom. The third-order valence-electron chi connectivity index (χ3n) is 5.03. The fraction of sp³-hybridized carbons (Fsp3) is 0.182. The van der Waals surface area contributed by atoms with Crippen LogP contribution in [-0.2, 0) is 11.3 Å². The van der Waals surface area contributed by atoms with Crippen molar-refractivity contribution in [3.05, 3.63) is 76.5 Å². The first-order valence-corrected chi connectivity index (χ1v) is 9.41. The van der Waals surface area contributed by atoms with Gasteiger partial charge in [0, 0.05) is 11.8 Å². The van der Waals surface area contributed by atoms with E-state index in [-0.39, 0.29) is 18.0 Å². The van der Waals surface area contributed by atoms with E-state index in [4.69, 9.17) is 4.74 Å². The molecule has 2 heterocycles. The van der Waals surface area contributed by atoms with Crippen LogP contribution >= 0.6 is 0 Å². The lowest BCUT2D eigenvalue weighted by molar-refractivity contribution is -0.116. The molecule has 2 aromatic carbocycles. The predicted octanol–water partition coefficient (Wildman–Crippen LogP) is 2.85. The molecule has 0 radical (unpaired) electrons. The molecule has 0 aliphatic rings. The molecule has 0 saturated heterocycles. The molecule has 2 aromatic heterocycles. The predicted molar refractivity (Wildman–Crippen MR) is 114 cm³/mol. The van der Waals surface area contributed by atoms with Crippen molar-refractivity contribution in [3.63, 3.8) is 0 Å². The standard InChI is InChI=1S/C22H21N5O3/c1-14-6-4-9-19(15(14)2)27-21-18(11-24-27)22(29)26(13-23-21)12-20(28)25-16-7-5-8-17(10-16)30-3/h4-11,13H,12H2,1-3H3,(H,25,28). The van der Waals surface area contributed by atoms with Crippen LogP contribution in [0.15, 0.2) is 59.8 Å². The highest BCUT2D eigenvalue weighted by atomic mass is 16.5. The monoisotopic (exact) mass is 403 g/mol. The highest BCUT2D eigenvalue weighted by Crippen LogP contribution is 2.20. The van der Waals surface area contributed by atoms with Gasteiger partial charge >= 0.3 is 0 Å². The topological polar surface area (TPSA) is 91.0 Å². The van der Waals surface area contributed by atoms with Gasteiger partial charge in [0.05, 0.1) is 19.0 Å². The smallest absolute Gasteiger partial charge is 0.264 e. The molecule has 0 atom stereocenters. The van der Waals surface area contributed by atoms with Crippen LogP contribution in [0.1, 0.15) is 11.1 Å². The van der Waals surface area contributed by atoms with Crippen LogP contribution in [0, 0.1) is 13.8 Å². The molecule has 0 spiro atoms. The van der Waals surface area contributed by atoms with Crippen molar-refractivity contribution in [1.82, 2.24) is 19.3 Å². The van der Waals surface area contributed by atoms with Crippen molar-refractivity contribution in [2.45, 2.75) is 20.4 Å². The average Bonchev–Trinajstić information content (AvgIpc) is 3.17. The molecule has 0 aliphatic carbocycles. The van der Waals surface area contributed by atoms with Gasteiger partial charge < -0.3 is 10.1 Å². The van der Waals surface area contributed by atoms with E-state index in [0.717, 1.165) is 16.8 Å². The quantitative estimate of drug-likeness (QED) is 0.553. The van der Waals surface area contributed by atoms with Gasteiger partial charge in [-0.25, -0.2) is 9.67 Å². The lowest BCUT2D eigenvalue weighted by Crippen LogP contribution is -2.27. The number of aryl methyl sites for hydroxylation is 1. The van der Waals surface area contributed by atoms with Gasteiger partial charge in [0.15, 0.2) is 5.65 Å². The van der Waals surface area contributed by atoms with E-state index in [1.54, 1.807) is 36.1 Å². The molecule has 8 nitrogen and oxygen atoms in total. The van der Waals surface area contributed by atoms with E-state index in [9.17, 15) is 9.59 Å². The van der Waals surface area contributed by atoms with Crippen molar-refractivity contribution < 1.29 is 9.53 Å². The zero-order chi connectivity index (χ0) is 21.3. The molecule has 8 heteroatoms. The van der Waals surface area contributed by atoms with Crippen molar-refractivity contribution in [1.29, 1.82) is 0 Å². The summed E-state index contributed by atoms with van der Waals surface area (Å²) in [5, 5.41) is 7.47. The molecule has 4 rings (SSSR count). The van der Waals surface area contributed by atoms with E-state index >= 15 is 0 Å². The summed E-state index contributed by atoms with van der Waals surface area (Å²) in [4.78, 5) is 29.7. The molecule has 0 fully saturated rings. The zero-order valence-electron chi connectivity index (χ0n) is 16.9. The molecule has 30 heavy (non-hydrogen) atoms. The second-order valence-electron chi connectivity index (χ2n) is 6.97. The second-order valence-corrected chi connectivity index (χ2v) is 6.97. The lowest BCUT2D eigenvalue weighted by atomic mass is 10.1. The summed E-state index contributed by atoms with van der Waals surface area (Å²) in [6.07, 6.45) is 2.86. The lowest BCUT2D eigenvalue weighted by Gasteiger charge is -2.10. The maximum atomic E-state index is 12.9. The summed E-state index contributed by atoms with van der Waals surface area (Å²) < 4.78 is 8.07. The molecule has 0 unspecified atom stereocenters. The molecule has 0 aliphatic heterocycles. The van der Waals surface area contributed by atoms with Crippen molar-refractivity contribution in [3.8, 4) is 11.4 Å². The summed E-state index contributed by atoms with van der Waals surface area (Å²) in [5.74, 6) is 0.292. The number of ether oxygens (including phenoxy) is 1. The van der Waals surface area contributed by atoms with E-state index < -0.39 is 0 Å². The number of nitrogens with one attached hydrogen (secondary N) is 1. The summed E-state index contributed by atoms with van der Waals surface area (Å²) in [5.41, 5.74) is 3.77. The Morgan fingerprint density at radius 3 is 2.77 bits per heavy atom. The average molecular weight is 403 g/mol. The number of amides is 1. The van der Waals surface area contributed by atoms with Gasteiger partial charge in [-0.15, -0.1) is 0 Å². The SMILES string of the molecule is COc1cccc(NC(=O)Cn2cnc3c(cnn3-c3cccc(C)c3C)c2=O)c1. The first-order chi connectivity index (χ1) is 14.5. The minimum absolute atomic E-state index is 0.159. The van der Waals surface area contributed by atoms with Crippen LogP contribution < -0.4 is 15.6 Å². The summed E-state index contributed by atoms with van der Waals surface area (Å²) in [7, 11) is 1.56. The molecule has 1 N–H and O–H groups in total. The number of nitrogens with zero attached hydrogens (tertiary/aromatic N) is 4.